The number of nitrogens with one attached hydrogen (secondary N) is 2. The highest BCUT2D eigenvalue weighted by Gasteiger charge is 2.13. The molecule has 0 radical (unpaired) electrons. The molecule has 4 rings (SSSR count). The highest BCUT2D eigenvalue weighted by molar-refractivity contribution is 6.34. The average Bonchev–Trinajstić information content (AvgIpc) is 3.04. The number of hydrogen-bond acceptors (Lipinski definition) is 2. The number of halogens is 1. The van der Waals surface area contributed by atoms with Gasteiger partial charge in [0, 0.05) is 18.7 Å². The minimum absolute atomic E-state index is 0.683. The zero-order valence-electron chi connectivity index (χ0n) is 10.2. The molecule has 0 bridgehead atoms. The molecular weight excluding hydrogens is 258 g/mol. The Bertz CT molecular complexity index is 776. The quantitative estimate of drug-likeness (QED) is 0.710. The predicted octanol–water partition coefficient (Wildman–Crippen LogP) is 3.49. The third-order valence-electron chi connectivity index (χ3n) is 3.57. The Hall–Kier alpha value is -1.84. The predicted molar refractivity (Wildman–Crippen MR) is 77.1 cm³/mol. The first-order valence-electron chi connectivity index (χ1n) is 6.28. The van der Waals surface area contributed by atoms with Crippen molar-refractivity contribution in [3.8, 4) is 11.4 Å². The normalized spacial score (nSPS) is 13.9. The van der Waals surface area contributed by atoms with E-state index in [1.54, 1.807) is 0 Å². The van der Waals surface area contributed by atoms with Gasteiger partial charge in [0.1, 0.15) is 11.3 Å². The zero-order chi connectivity index (χ0) is 12.8. The molecule has 2 heterocycles. The number of aromatic amines is 1. The van der Waals surface area contributed by atoms with Crippen LogP contribution in [0.1, 0.15) is 11.1 Å². The van der Waals surface area contributed by atoms with Crippen LogP contribution in [0.25, 0.3) is 22.4 Å². The van der Waals surface area contributed by atoms with Crippen molar-refractivity contribution in [2.75, 3.05) is 0 Å². The first kappa shape index (κ1) is 11.0. The second kappa shape index (κ2) is 4.08. The zero-order valence-corrected chi connectivity index (χ0v) is 11.0. The lowest BCUT2D eigenvalue weighted by molar-refractivity contribution is 0.765. The number of aromatic nitrogens is 2. The van der Waals surface area contributed by atoms with Crippen LogP contribution >= 0.6 is 11.6 Å². The molecule has 94 valence electrons. The van der Waals surface area contributed by atoms with E-state index in [0.29, 0.717) is 5.02 Å². The molecule has 0 saturated heterocycles. The summed E-state index contributed by atoms with van der Waals surface area (Å²) in [7, 11) is 0. The lowest BCUT2D eigenvalue weighted by atomic mass is 10.1. The number of H-pyrrole nitrogens is 1. The van der Waals surface area contributed by atoms with Crippen molar-refractivity contribution in [3.05, 3.63) is 52.5 Å². The maximum atomic E-state index is 6.16. The van der Waals surface area contributed by atoms with Crippen LogP contribution < -0.4 is 5.32 Å². The summed E-state index contributed by atoms with van der Waals surface area (Å²) in [5.41, 5.74) is 5.63. The molecule has 0 fully saturated rings. The van der Waals surface area contributed by atoms with Crippen LogP contribution in [0.2, 0.25) is 5.02 Å². The molecule has 0 spiro atoms. The van der Waals surface area contributed by atoms with E-state index in [4.69, 9.17) is 11.6 Å². The molecule has 0 saturated carbocycles. The fourth-order valence-electron chi connectivity index (χ4n) is 2.58. The van der Waals surface area contributed by atoms with E-state index in [-0.39, 0.29) is 0 Å². The average molecular weight is 270 g/mol. The van der Waals surface area contributed by atoms with Crippen molar-refractivity contribution in [1.82, 2.24) is 15.3 Å². The molecule has 0 amide bonds. The summed E-state index contributed by atoms with van der Waals surface area (Å²) in [5.74, 6) is 0.873. The van der Waals surface area contributed by atoms with Gasteiger partial charge >= 0.3 is 0 Å². The molecule has 1 aliphatic heterocycles. The summed E-state index contributed by atoms with van der Waals surface area (Å²) in [6, 6.07) is 12.3. The van der Waals surface area contributed by atoms with Crippen LogP contribution in [0, 0.1) is 0 Å². The highest BCUT2D eigenvalue weighted by Crippen LogP contribution is 2.27. The number of benzene rings is 2. The summed E-state index contributed by atoms with van der Waals surface area (Å²) in [6.45, 7) is 1.89. The highest BCUT2D eigenvalue weighted by atomic mass is 35.5. The van der Waals surface area contributed by atoms with E-state index in [1.165, 1.54) is 11.1 Å². The van der Waals surface area contributed by atoms with Crippen molar-refractivity contribution in [2.24, 2.45) is 0 Å². The third-order valence-corrected chi connectivity index (χ3v) is 3.88. The van der Waals surface area contributed by atoms with E-state index >= 15 is 0 Å². The minimum Gasteiger partial charge on any atom is -0.338 e. The van der Waals surface area contributed by atoms with E-state index in [0.717, 1.165) is 35.5 Å². The van der Waals surface area contributed by atoms with Gasteiger partial charge in [0.15, 0.2) is 0 Å². The van der Waals surface area contributed by atoms with Gasteiger partial charge in [0.2, 0.25) is 0 Å². The summed E-state index contributed by atoms with van der Waals surface area (Å²) in [6.07, 6.45) is 0. The molecule has 3 nitrogen and oxygen atoms in total. The van der Waals surface area contributed by atoms with Gasteiger partial charge in [-0.2, -0.15) is 0 Å². The van der Waals surface area contributed by atoms with E-state index in [9.17, 15) is 0 Å². The third kappa shape index (κ3) is 1.74. The van der Waals surface area contributed by atoms with Crippen LogP contribution in [-0.2, 0) is 13.1 Å². The number of para-hydroxylation sites is 1. The Morgan fingerprint density at radius 2 is 1.95 bits per heavy atom. The second-order valence-electron chi connectivity index (χ2n) is 4.81. The smallest absolute Gasteiger partial charge is 0.138 e. The van der Waals surface area contributed by atoms with Crippen molar-refractivity contribution in [2.45, 2.75) is 13.1 Å². The van der Waals surface area contributed by atoms with Crippen molar-refractivity contribution < 1.29 is 0 Å². The molecule has 0 atom stereocenters. The Kier molecular flexibility index (Phi) is 2.37. The monoisotopic (exact) mass is 269 g/mol. The topological polar surface area (TPSA) is 40.7 Å². The Balaban J connectivity index is 1.88. The lowest BCUT2D eigenvalue weighted by Gasteiger charge is -2.01. The summed E-state index contributed by atoms with van der Waals surface area (Å²) < 4.78 is 0. The van der Waals surface area contributed by atoms with Crippen LogP contribution in [0.5, 0.6) is 0 Å². The van der Waals surface area contributed by atoms with Crippen LogP contribution in [0.3, 0.4) is 0 Å². The molecule has 19 heavy (non-hydrogen) atoms. The Morgan fingerprint density at radius 3 is 2.84 bits per heavy atom. The molecule has 1 aliphatic rings. The Labute approximate surface area is 115 Å². The largest absolute Gasteiger partial charge is 0.338 e. The number of rotatable bonds is 1. The standard InChI is InChI=1S/C15H12ClN3/c16-12-2-1-3-13-14(12)19-15(18-13)9-4-5-10-7-17-8-11(10)6-9/h1-6,17H,7-8H2,(H,18,19). The molecule has 2 N–H and O–H groups in total. The molecule has 1 aromatic heterocycles. The van der Waals surface area contributed by atoms with Crippen LogP contribution in [-0.4, -0.2) is 9.97 Å². The maximum Gasteiger partial charge on any atom is 0.138 e. The summed E-state index contributed by atoms with van der Waals surface area (Å²) >= 11 is 6.16. The fourth-order valence-corrected chi connectivity index (χ4v) is 2.79. The first-order chi connectivity index (χ1) is 9.31. The van der Waals surface area contributed by atoms with Gasteiger partial charge in [-0.15, -0.1) is 0 Å². The molecule has 3 aromatic rings. The molecule has 2 aromatic carbocycles. The fraction of sp³-hybridized carbons (Fsp3) is 0.133. The maximum absolute atomic E-state index is 6.16. The van der Waals surface area contributed by atoms with Gasteiger partial charge in [0.05, 0.1) is 10.5 Å². The van der Waals surface area contributed by atoms with E-state index in [2.05, 4.69) is 33.5 Å². The Morgan fingerprint density at radius 1 is 1.05 bits per heavy atom. The number of hydrogen-bond donors (Lipinski definition) is 2. The van der Waals surface area contributed by atoms with Crippen molar-refractivity contribution in [1.29, 1.82) is 0 Å². The van der Waals surface area contributed by atoms with Crippen LogP contribution in [0.4, 0.5) is 0 Å². The summed E-state index contributed by atoms with van der Waals surface area (Å²) in [5, 5.41) is 4.03. The lowest BCUT2D eigenvalue weighted by Crippen LogP contribution is -1.99. The second-order valence-corrected chi connectivity index (χ2v) is 5.22. The van der Waals surface area contributed by atoms with Gasteiger partial charge < -0.3 is 10.3 Å². The van der Waals surface area contributed by atoms with E-state index in [1.807, 2.05) is 18.2 Å². The number of fused-ring (bicyclic) bond motifs is 2. The van der Waals surface area contributed by atoms with Crippen molar-refractivity contribution in [3.63, 3.8) is 0 Å². The van der Waals surface area contributed by atoms with Gasteiger partial charge in [0.25, 0.3) is 0 Å². The minimum atomic E-state index is 0.683. The summed E-state index contributed by atoms with van der Waals surface area (Å²) in [4.78, 5) is 7.93. The number of nitrogens with zero attached hydrogens (tertiary/aromatic N) is 1. The van der Waals surface area contributed by atoms with Gasteiger partial charge in [-0.1, -0.05) is 29.8 Å². The molecule has 4 heteroatoms. The number of imidazole rings is 1. The molecule has 0 unspecified atom stereocenters. The van der Waals surface area contributed by atoms with Gasteiger partial charge in [-0.05, 0) is 29.3 Å². The van der Waals surface area contributed by atoms with Gasteiger partial charge in [-0.3, -0.25) is 0 Å². The SMILES string of the molecule is Clc1cccc2[nH]c(-c3ccc4c(c3)CNC4)nc12. The first-order valence-corrected chi connectivity index (χ1v) is 6.66. The van der Waals surface area contributed by atoms with Crippen LogP contribution in [0.15, 0.2) is 36.4 Å². The van der Waals surface area contributed by atoms with Gasteiger partial charge in [-0.25, -0.2) is 4.98 Å². The molecular formula is C15H12ClN3. The van der Waals surface area contributed by atoms with Crippen molar-refractivity contribution >= 4 is 22.6 Å². The molecule has 0 aliphatic carbocycles. The van der Waals surface area contributed by atoms with E-state index < -0.39 is 0 Å².